The van der Waals surface area contributed by atoms with Crippen molar-refractivity contribution in [3.8, 4) is 0 Å². The van der Waals surface area contributed by atoms with Crippen LogP contribution < -0.4 is 0 Å². The van der Waals surface area contributed by atoms with E-state index in [4.69, 9.17) is 0 Å². The van der Waals surface area contributed by atoms with Crippen molar-refractivity contribution in [1.82, 2.24) is 0 Å². The Kier molecular flexibility index (Phi) is 1.32. The Balaban J connectivity index is 2.14. The molecule has 1 fully saturated rings. The maximum atomic E-state index is 3.66. The van der Waals surface area contributed by atoms with Crippen LogP contribution in [0.3, 0.4) is 0 Å². The number of halogens is 2. The molecule has 0 N–H and O–H groups in total. The molecule has 0 aliphatic heterocycles. The fraction of sp³-hybridized carbons (Fsp3) is 0.714. The topological polar surface area (TPSA) is 0 Å². The molecule has 0 bridgehead atoms. The first-order valence-corrected chi connectivity index (χ1v) is 4.84. The average Bonchev–Trinajstić information content (AvgIpc) is 2.39. The SMILES string of the molecule is BrC1(Br)[C@H]2CC=CC[C@@H]21. The zero-order valence-electron chi connectivity index (χ0n) is 4.98. The number of hydrogen-bond acceptors (Lipinski definition) is 0. The fourth-order valence-electron chi connectivity index (χ4n) is 1.59. The summed E-state index contributed by atoms with van der Waals surface area (Å²) < 4.78 is 0.309. The van der Waals surface area contributed by atoms with Crippen LogP contribution >= 0.6 is 31.9 Å². The normalized spacial score (nSPS) is 44.2. The summed E-state index contributed by atoms with van der Waals surface area (Å²) in [5.74, 6) is 1.73. The summed E-state index contributed by atoms with van der Waals surface area (Å²) in [5, 5.41) is 0. The first kappa shape index (κ1) is 6.41. The minimum absolute atomic E-state index is 0.309. The third-order valence-electron chi connectivity index (χ3n) is 2.31. The van der Waals surface area contributed by atoms with Gasteiger partial charge in [0.1, 0.15) is 0 Å². The molecule has 2 aliphatic carbocycles. The highest BCUT2D eigenvalue weighted by Crippen LogP contribution is 2.66. The summed E-state index contributed by atoms with van der Waals surface area (Å²) in [6.07, 6.45) is 7.07. The molecule has 0 heterocycles. The lowest BCUT2D eigenvalue weighted by atomic mass is 10.1. The molecule has 0 saturated heterocycles. The molecule has 0 radical (unpaired) electrons. The van der Waals surface area contributed by atoms with E-state index in [2.05, 4.69) is 44.0 Å². The van der Waals surface area contributed by atoms with Gasteiger partial charge in [0.2, 0.25) is 0 Å². The van der Waals surface area contributed by atoms with Crippen LogP contribution in [-0.4, -0.2) is 3.23 Å². The van der Waals surface area contributed by atoms with Crippen LogP contribution in [0.25, 0.3) is 0 Å². The van der Waals surface area contributed by atoms with Gasteiger partial charge in [-0.15, -0.1) is 0 Å². The van der Waals surface area contributed by atoms with Gasteiger partial charge in [0.25, 0.3) is 0 Å². The van der Waals surface area contributed by atoms with Crippen molar-refractivity contribution in [3.63, 3.8) is 0 Å². The Hall–Kier alpha value is 0.700. The van der Waals surface area contributed by atoms with E-state index < -0.39 is 0 Å². The predicted octanol–water partition coefficient (Wildman–Crippen LogP) is 3.07. The molecular weight excluding hydrogens is 244 g/mol. The molecule has 0 unspecified atom stereocenters. The number of rotatable bonds is 0. The van der Waals surface area contributed by atoms with Crippen molar-refractivity contribution >= 4 is 31.9 Å². The zero-order valence-corrected chi connectivity index (χ0v) is 8.15. The minimum atomic E-state index is 0.309. The van der Waals surface area contributed by atoms with Crippen molar-refractivity contribution in [2.45, 2.75) is 16.1 Å². The molecule has 0 aromatic heterocycles. The van der Waals surface area contributed by atoms with E-state index in [1.807, 2.05) is 0 Å². The Labute approximate surface area is 72.0 Å². The highest BCUT2D eigenvalue weighted by Gasteiger charge is 2.60. The Morgan fingerprint density at radius 1 is 1.11 bits per heavy atom. The third kappa shape index (κ3) is 0.829. The van der Waals surface area contributed by atoms with Crippen LogP contribution in [0.15, 0.2) is 12.2 Å². The molecule has 0 aromatic rings. The second kappa shape index (κ2) is 1.85. The quantitative estimate of drug-likeness (QED) is 0.459. The van der Waals surface area contributed by atoms with E-state index in [-0.39, 0.29) is 0 Å². The zero-order chi connectivity index (χ0) is 6.48. The third-order valence-corrected chi connectivity index (χ3v) is 4.66. The summed E-state index contributed by atoms with van der Waals surface area (Å²) in [7, 11) is 0. The van der Waals surface area contributed by atoms with Gasteiger partial charge < -0.3 is 0 Å². The molecule has 50 valence electrons. The molecule has 9 heavy (non-hydrogen) atoms. The second-order valence-electron chi connectivity index (χ2n) is 2.83. The maximum Gasteiger partial charge on any atom is 0.0874 e. The number of allylic oxidation sites excluding steroid dienone is 2. The lowest BCUT2D eigenvalue weighted by Gasteiger charge is -1.95. The van der Waals surface area contributed by atoms with Gasteiger partial charge in [-0.3, -0.25) is 0 Å². The lowest BCUT2D eigenvalue weighted by Crippen LogP contribution is -1.84. The van der Waals surface area contributed by atoms with Crippen molar-refractivity contribution < 1.29 is 0 Å². The smallest absolute Gasteiger partial charge is 0.0874 e. The molecule has 2 aliphatic rings. The van der Waals surface area contributed by atoms with Gasteiger partial charge in [-0.25, -0.2) is 0 Å². The standard InChI is InChI=1S/C7H8Br2/c8-7(9)5-3-1-2-4-6(5)7/h1-2,5-6H,3-4H2/t5-,6-/m0/s1. The van der Waals surface area contributed by atoms with Gasteiger partial charge >= 0.3 is 0 Å². The summed E-state index contributed by atoms with van der Waals surface area (Å²) in [4.78, 5) is 0. The summed E-state index contributed by atoms with van der Waals surface area (Å²) in [5.41, 5.74) is 0. The van der Waals surface area contributed by atoms with E-state index in [9.17, 15) is 0 Å². The number of alkyl halides is 2. The second-order valence-corrected chi connectivity index (χ2v) is 6.52. The first-order valence-electron chi connectivity index (χ1n) is 3.25. The van der Waals surface area contributed by atoms with Crippen LogP contribution in [0, 0.1) is 11.8 Å². The van der Waals surface area contributed by atoms with Gasteiger partial charge in [-0.05, 0) is 24.7 Å². The molecule has 0 amide bonds. The first-order chi connectivity index (χ1) is 4.23. The highest BCUT2D eigenvalue weighted by molar-refractivity contribution is 9.25. The summed E-state index contributed by atoms with van der Waals surface area (Å²) >= 11 is 7.31. The van der Waals surface area contributed by atoms with Gasteiger partial charge in [0.05, 0.1) is 3.23 Å². The van der Waals surface area contributed by atoms with Crippen molar-refractivity contribution in [2.24, 2.45) is 11.8 Å². The van der Waals surface area contributed by atoms with Crippen LogP contribution in [0.4, 0.5) is 0 Å². The summed E-state index contributed by atoms with van der Waals surface area (Å²) in [6, 6.07) is 0. The van der Waals surface area contributed by atoms with E-state index in [0.29, 0.717) is 3.23 Å². The maximum absolute atomic E-state index is 3.66. The van der Waals surface area contributed by atoms with E-state index >= 15 is 0 Å². The van der Waals surface area contributed by atoms with Gasteiger partial charge in [0.15, 0.2) is 0 Å². The molecule has 2 heteroatoms. The van der Waals surface area contributed by atoms with Gasteiger partial charge in [-0.2, -0.15) is 0 Å². The van der Waals surface area contributed by atoms with Crippen LogP contribution in [0.2, 0.25) is 0 Å². The molecule has 2 atom stereocenters. The molecular formula is C7H8Br2. The highest BCUT2D eigenvalue weighted by atomic mass is 79.9. The van der Waals surface area contributed by atoms with Crippen molar-refractivity contribution in [2.75, 3.05) is 0 Å². The van der Waals surface area contributed by atoms with Crippen molar-refractivity contribution in [1.29, 1.82) is 0 Å². The van der Waals surface area contributed by atoms with E-state index in [1.54, 1.807) is 0 Å². The van der Waals surface area contributed by atoms with E-state index in [1.165, 1.54) is 12.8 Å². The molecule has 0 spiro atoms. The number of hydrogen-bond donors (Lipinski definition) is 0. The molecule has 0 nitrogen and oxygen atoms in total. The Morgan fingerprint density at radius 2 is 1.56 bits per heavy atom. The van der Waals surface area contributed by atoms with Crippen molar-refractivity contribution in [3.05, 3.63) is 12.2 Å². The van der Waals surface area contributed by atoms with Crippen LogP contribution in [0.1, 0.15) is 12.8 Å². The Morgan fingerprint density at radius 3 is 1.89 bits per heavy atom. The fourth-order valence-corrected chi connectivity index (χ4v) is 3.35. The predicted molar refractivity (Wildman–Crippen MR) is 45.9 cm³/mol. The van der Waals surface area contributed by atoms with Gasteiger partial charge in [0, 0.05) is 0 Å². The number of fused-ring (bicyclic) bond motifs is 1. The van der Waals surface area contributed by atoms with E-state index in [0.717, 1.165) is 11.8 Å². The van der Waals surface area contributed by atoms with Crippen LogP contribution in [-0.2, 0) is 0 Å². The molecule has 1 saturated carbocycles. The Bertz CT molecular complexity index is 144. The van der Waals surface area contributed by atoms with Gasteiger partial charge in [-0.1, -0.05) is 44.0 Å². The summed E-state index contributed by atoms with van der Waals surface area (Å²) in [6.45, 7) is 0. The van der Waals surface area contributed by atoms with Crippen LogP contribution in [0.5, 0.6) is 0 Å². The molecule has 2 rings (SSSR count). The lowest BCUT2D eigenvalue weighted by molar-refractivity contribution is 0.689. The monoisotopic (exact) mass is 250 g/mol. The largest absolute Gasteiger partial charge is 0.0882 e. The minimum Gasteiger partial charge on any atom is -0.0882 e. The average molecular weight is 252 g/mol. The molecule has 0 aromatic carbocycles.